The van der Waals surface area contributed by atoms with Gasteiger partial charge in [0.05, 0.1) is 19.1 Å². The van der Waals surface area contributed by atoms with Crippen LogP contribution in [0.4, 0.5) is 13.2 Å². The number of methoxy groups -OCH3 is 1. The molecule has 0 aliphatic heterocycles. The molecule has 2 rings (SSSR count). The Balaban J connectivity index is 1.92. The number of ether oxygens (including phenoxy) is 1. The zero-order valence-corrected chi connectivity index (χ0v) is 12.5. The van der Waals surface area contributed by atoms with Gasteiger partial charge in [-0.15, -0.1) is 0 Å². The molecule has 6 heteroatoms. The van der Waals surface area contributed by atoms with E-state index in [9.17, 15) is 18.0 Å². The van der Waals surface area contributed by atoms with E-state index in [1.807, 2.05) is 18.2 Å². The first-order valence-corrected chi connectivity index (χ1v) is 6.95. The maximum Gasteiger partial charge on any atom is 0.416 e. The molecule has 0 heterocycles. The van der Waals surface area contributed by atoms with Crippen molar-refractivity contribution in [2.24, 2.45) is 0 Å². The minimum Gasteiger partial charge on any atom is -0.496 e. The third-order valence-corrected chi connectivity index (χ3v) is 3.31. The normalized spacial score (nSPS) is 11.1. The van der Waals surface area contributed by atoms with E-state index in [1.165, 1.54) is 12.1 Å². The average Bonchev–Trinajstić information content (AvgIpc) is 2.53. The van der Waals surface area contributed by atoms with E-state index in [4.69, 9.17) is 4.74 Å². The van der Waals surface area contributed by atoms with Gasteiger partial charge in [-0.1, -0.05) is 30.3 Å². The maximum absolute atomic E-state index is 12.5. The molecule has 0 bridgehead atoms. The van der Waals surface area contributed by atoms with Gasteiger partial charge in [0.2, 0.25) is 5.91 Å². The van der Waals surface area contributed by atoms with Crippen LogP contribution in [0, 0.1) is 0 Å². The van der Waals surface area contributed by atoms with Crippen molar-refractivity contribution in [2.45, 2.75) is 19.1 Å². The van der Waals surface area contributed by atoms with Crippen molar-refractivity contribution in [3.8, 4) is 5.75 Å². The van der Waals surface area contributed by atoms with Gasteiger partial charge in [-0.2, -0.15) is 13.2 Å². The van der Waals surface area contributed by atoms with Crippen LogP contribution < -0.4 is 10.1 Å². The quantitative estimate of drug-likeness (QED) is 0.913. The Labute approximate surface area is 132 Å². The van der Waals surface area contributed by atoms with Gasteiger partial charge in [-0.25, -0.2) is 0 Å². The van der Waals surface area contributed by atoms with Crippen LogP contribution in [0.15, 0.2) is 48.5 Å². The van der Waals surface area contributed by atoms with Gasteiger partial charge in [0, 0.05) is 12.1 Å². The lowest BCUT2D eigenvalue weighted by molar-refractivity contribution is -0.137. The summed E-state index contributed by atoms with van der Waals surface area (Å²) >= 11 is 0. The topological polar surface area (TPSA) is 38.3 Å². The molecule has 0 aliphatic carbocycles. The molecular formula is C17H16F3NO2. The fraction of sp³-hybridized carbons (Fsp3) is 0.235. The number of alkyl halides is 3. The minimum atomic E-state index is -4.37. The number of para-hydroxylation sites is 1. The summed E-state index contributed by atoms with van der Waals surface area (Å²) in [5.74, 6) is 0.401. The molecule has 1 N–H and O–H groups in total. The van der Waals surface area contributed by atoms with E-state index in [0.717, 1.165) is 17.7 Å². The first-order chi connectivity index (χ1) is 10.9. The van der Waals surface area contributed by atoms with Crippen molar-refractivity contribution in [3.63, 3.8) is 0 Å². The Bertz CT molecular complexity index is 666. The van der Waals surface area contributed by atoms with E-state index in [0.29, 0.717) is 17.9 Å². The van der Waals surface area contributed by atoms with E-state index < -0.39 is 11.7 Å². The lowest BCUT2D eigenvalue weighted by atomic mass is 10.1. The van der Waals surface area contributed by atoms with Gasteiger partial charge in [-0.3, -0.25) is 4.79 Å². The highest BCUT2D eigenvalue weighted by Gasteiger charge is 2.29. The summed E-state index contributed by atoms with van der Waals surface area (Å²) in [6.07, 6.45) is -4.35. The molecule has 3 nitrogen and oxygen atoms in total. The van der Waals surface area contributed by atoms with Gasteiger partial charge >= 0.3 is 6.18 Å². The molecule has 0 saturated carbocycles. The molecule has 0 aromatic heterocycles. The SMILES string of the molecule is COc1ccccc1CNC(=O)Cc1ccc(C(F)(F)F)cc1. The smallest absolute Gasteiger partial charge is 0.416 e. The van der Waals surface area contributed by atoms with E-state index >= 15 is 0 Å². The van der Waals surface area contributed by atoms with Crippen LogP contribution in [-0.2, 0) is 23.9 Å². The van der Waals surface area contributed by atoms with Crippen LogP contribution in [-0.4, -0.2) is 13.0 Å². The molecule has 0 unspecified atom stereocenters. The second-order valence-corrected chi connectivity index (χ2v) is 4.96. The third-order valence-electron chi connectivity index (χ3n) is 3.31. The number of carbonyl (C=O) groups is 1. The Morgan fingerprint density at radius 3 is 2.35 bits per heavy atom. The first-order valence-electron chi connectivity index (χ1n) is 6.95. The highest BCUT2D eigenvalue weighted by Crippen LogP contribution is 2.29. The van der Waals surface area contributed by atoms with Crippen molar-refractivity contribution in [3.05, 3.63) is 65.2 Å². The van der Waals surface area contributed by atoms with Crippen molar-refractivity contribution in [1.29, 1.82) is 0 Å². The Morgan fingerprint density at radius 2 is 1.74 bits per heavy atom. The van der Waals surface area contributed by atoms with Crippen LogP contribution in [0.25, 0.3) is 0 Å². The summed E-state index contributed by atoms with van der Waals surface area (Å²) in [7, 11) is 1.54. The summed E-state index contributed by atoms with van der Waals surface area (Å²) in [5, 5.41) is 2.73. The van der Waals surface area contributed by atoms with Gasteiger partial charge in [-0.05, 0) is 23.8 Å². The predicted octanol–water partition coefficient (Wildman–Crippen LogP) is 3.57. The highest BCUT2D eigenvalue weighted by molar-refractivity contribution is 5.78. The number of carbonyl (C=O) groups excluding carboxylic acids is 1. The molecule has 2 aromatic carbocycles. The van der Waals surface area contributed by atoms with Crippen LogP contribution >= 0.6 is 0 Å². The average molecular weight is 323 g/mol. The monoisotopic (exact) mass is 323 g/mol. The second kappa shape index (κ2) is 7.17. The Morgan fingerprint density at radius 1 is 1.09 bits per heavy atom. The third kappa shape index (κ3) is 4.74. The van der Waals surface area contributed by atoms with E-state index in [-0.39, 0.29) is 12.3 Å². The Kier molecular flexibility index (Phi) is 5.26. The highest BCUT2D eigenvalue weighted by atomic mass is 19.4. The number of hydrogen-bond donors (Lipinski definition) is 1. The van der Waals surface area contributed by atoms with Gasteiger partial charge < -0.3 is 10.1 Å². The lowest BCUT2D eigenvalue weighted by Gasteiger charge is -2.10. The molecule has 0 radical (unpaired) electrons. The number of benzene rings is 2. The van der Waals surface area contributed by atoms with Crippen LogP contribution in [0.5, 0.6) is 5.75 Å². The zero-order chi connectivity index (χ0) is 16.9. The van der Waals surface area contributed by atoms with Crippen molar-refractivity contribution in [2.75, 3.05) is 7.11 Å². The Hall–Kier alpha value is -2.50. The van der Waals surface area contributed by atoms with E-state index in [2.05, 4.69) is 5.32 Å². The van der Waals surface area contributed by atoms with E-state index in [1.54, 1.807) is 13.2 Å². The largest absolute Gasteiger partial charge is 0.496 e. The molecule has 23 heavy (non-hydrogen) atoms. The van der Waals surface area contributed by atoms with Gasteiger partial charge in [0.1, 0.15) is 5.75 Å². The standard InChI is InChI=1S/C17H16F3NO2/c1-23-15-5-3-2-4-13(15)11-21-16(22)10-12-6-8-14(9-7-12)17(18,19)20/h2-9H,10-11H2,1H3,(H,21,22). The van der Waals surface area contributed by atoms with Gasteiger partial charge in [0.15, 0.2) is 0 Å². The summed E-state index contributed by atoms with van der Waals surface area (Å²) in [4.78, 5) is 11.9. The van der Waals surface area contributed by atoms with Crippen LogP contribution in [0.2, 0.25) is 0 Å². The predicted molar refractivity (Wildman–Crippen MR) is 80.0 cm³/mol. The summed E-state index contributed by atoms with van der Waals surface area (Å²) in [6.45, 7) is 0.295. The molecule has 1 amide bonds. The van der Waals surface area contributed by atoms with Crippen molar-refractivity contribution < 1.29 is 22.7 Å². The number of halogens is 3. The summed E-state index contributed by atoms with van der Waals surface area (Å²) in [6, 6.07) is 11.9. The molecule has 0 atom stereocenters. The molecule has 0 fully saturated rings. The second-order valence-electron chi connectivity index (χ2n) is 4.96. The summed E-state index contributed by atoms with van der Waals surface area (Å²) < 4.78 is 42.6. The molecule has 0 aliphatic rings. The summed E-state index contributed by atoms with van der Waals surface area (Å²) in [5.41, 5.74) is 0.627. The molecule has 2 aromatic rings. The minimum absolute atomic E-state index is 0.0211. The molecule has 0 saturated heterocycles. The van der Waals surface area contributed by atoms with Crippen LogP contribution in [0.3, 0.4) is 0 Å². The number of hydrogen-bond acceptors (Lipinski definition) is 2. The maximum atomic E-state index is 12.5. The molecular weight excluding hydrogens is 307 g/mol. The fourth-order valence-electron chi connectivity index (χ4n) is 2.10. The van der Waals surface area contributed by atoms with Crippen LogP contribution in [0.1, 0.15) is 16.7 Å². The number of rotatable bonds is 5. The molecule has 0 spiro atoms. The van der Waals surface area contributed by atoms with Gasteiger partial charge in [0.25, 0.3) is 0 Å². The number of amides is 1. The fourth-order valence-corrected chi connectivity index (χ4v) is 2.10. The lowest BCUT2D eigenvalue weighted by Crippen LogP contribution is -2.24. The number of nitrogens with one attached hydrogen (secondary N) is 1. The van der Waals surface area contributed by atoms with Crippen molar-refractivity contribution in [1.82, 2.24) is 5.32 Å². The van der Waals surface area contributed by atoms with Crippen molar-refractivity contribution >= 4 is 5.91 Å². The molecule has 122 valence electrons. The zero-order valence-electron chi connectivity index (χ0n) is 12.5. The first kappa shape index (κ1) is 16.9.